The van der Waals surface area contributed by atoms with Gasteiger partial charge in [0, 0.05) is 26.1 Å². The third kappa shape index (κ3) is 3.93. The topological polar surface area (TPSA) is 85.2 Å². The Morgan fingerprint density at radius 3 is 2.79 bits per heavy atom. The van der Waals surface area contributed by atoms with E-state index in [4.69, 9.17) is 0 Å². The number of carbonyl (C=O) groups excluding carboxylic acids is 1. The van der Waals surface area contributed by atoms with Crippen molar-refractivity contribution >= 4 is 27.5 Å². The number of hydrogen-bond donors (Lipinski definition) is 0. The van der Waals surface area contributed by atoms with Gasteiger partial charge in [0.25, 0.3) is 0 Å². The van der Waals surface area contributed by atoms with Gasteiger partial charge in [0.15, 0.2) is 15.0 Å². The first-order valence-corrected chi connectivity index (χ1v) is 11.2. The smallest absolute Gasteiger partial charge is 0.233 e. The maximum absolute atomic E-state index is 12.3. The maximum Gasteiger partial charge on any atom is 0.233 e. The fraction of sp³-hybridized carbons (Fsp3) is 0.800. The van der Waals surface area contributed by atoms with Crippen molar-refractivity contribution < 1.29 is 13.2 Å². The molecule has 2 atom stereocenters. The van der Waals surface area contributed by atoms with E-state index in [0.29, 0.717) is 29.1 Å². The summed E-state index contributed by atoms with van der Waals surface area (Å²) in [6.07, 6.45) is 2.86. The fourth-order valence-electron chi connectivity index (χ4n) is 3.44. The zero-order valence-electron chi connectivity index (χ0n) is 14.1. The summed E-state index contributed by atoms with van der Waals surface area (Å²) < 4.78 is 25.1. The third-order valence-corrected chi connectivity index (χ3v) is 7.57. The summed E-state index contributed by atoms with van der Waals surface area (Å²) in [5.74, 6) is 2.05. The van der Waals surface area contributed by atoms with Gasteiger partial charge in [-0.3, -0.25) is 4.79 Å². The Hall–Kier alpha value is -1.09. The Labute approximate surface area is 147 Å². The van der Waals surface area contributed by atoms with Crippen LogP contribution in [0, 0.1) is 5.92 Å². The molecule has 134 valence electrons. The summed E-state index contributed by atoms with van der Waals surface area (Å²) in [5, 5.41) is 8.99. The molecule has 2 aliphatic heterocycles. The SMILES string of the molecule is C[C@@H]1CCCN(C(=O)CSc2nnc([C@H]3CCS(=O)(=O)C3)n2C)C1. The molecule has 1 aromatic heterocycles. The first kappa shape index (κ1) is 17.7. The summed E-state index contributed by atoms with van der Waals surface area (Å²) in [5.41, 5.74) is 0. The van der Waals surface area contributed by atoms with E-state index in [9.17, 15) is 13.2 Å². The van der Waals surface area contributed by atoms with E-state index in [0.717, 1.165) is 19.5 Å². The first-order valence-electron chi connectivity index (χ1n) is 8.36. The van der Waals surface area contributed by atoms with Crippen LogP contribution >= 0.6 is 11.8 Å². The van der Waals surface area contributed by atoms with Crippen molar-refractivity contribution in [3.05, 3.63) is 5.82 Å². The second-order valence-electron chi connectivity index (χ2n) is 6.88. The van der Waals surface area contributed by atoms with Crippen LogP contribution in [0.4, 0.5) is 0 Å². The van der Waals surface area contributed by atoms with E-state index in [-0.39, 0.29) is 23.3 Å². The van der Waals surface area contributed by atoms with Gasteiger partial charge in [-0.1, -0.05) is 18.7 Å². The molecule has 2 saturated heterocycles. The molecule has 24 heavy (non-hydrogen) atoms. The van der Waals surface area contributed by atoms with Crippen molar-refractivity contribution in [3.63, 3.8) is 0 Å². The van der Waals surface area contributed by atoms with Crippen LogP contribution < -0.4 is 0 Å². The number of carbonyl (C=O) groups is 1. The molecular formula is C15H24N4O3S2. The van der Waals surface area contributed by atoms with Gasteiger partial charge in [0.2, 0.25) is 5.91 Å². The largest absolute Gasteiger partial charge is 0.342 e. The molecule has 0 aromatic carbocycles. The summed E-state index contributed by atoms with van der Waals surface area (Å²) in [6, 6.07) is 0. The molecule has 0 radical (unpaired) electrons. The normalized spacial score (nSPS) is 26.7. The molecular weight excluding hydrogens is 348 g/mol. The Bertz CT molecular complexity index is 716. The van der Waals surface area contributed by atoms with Crippen molar-refractivity contribution in [2.45, 2.75) is 37.3 Å². The highest BCUT2D eigenvalue weighted by Crippen LogP contribution is 2.29. The molecule has 0 aliphatic carbocycles. The monoisotopic (exact) mass is 372 g/mol. The molecule has 3 heterocycles. The van der Waals surface area contributed by atoms with Gasteiger partial charge < -0.3 is 9.47 Å². The van der Waals surface area contributed by atoms with Gasteiger partial charge >= 0.3 is 0 Å². The van der Waals surface area contributed by atoms with Crippen LogP contribution in [0.2, 0.25) is 0 Å². The number of sulfone groups is 1. The lowest BCUT2D eigenvalue weighted by Crippen LogP contribution is -2.40. The predicted molar refractivity (Wildman–Crippen MR) is 92.7 cm³/mol. The number of hydrogen-bond acceptors (Lipinski definition) is 6. The number of nitrogens with zero attached hydrogens (tertiary/aromatic N) is 4. The minimum absolute atomic E-state index is 0.0829. The molecule has 0 bridgehead atoms. The van der Waals surface area contributed by atoms with Gasteiger partial charge in [-0.25, -0.2) is 8.42 Å². The van der Waals surface area contributed by atoms with Gasteiger partial charge in [-0.2, -0.15) is 0 Å². The van der Waals surface area contributed by atoms with E-state index in [1.807, 2.05) is 16.5 Å². The molecule has 0 unspecified atom stereocenters. The molecule has 0 spiro atoms. The summed E-state index contributed by atoms with van der Waals surface area (Å²) in [7, 11) is -1.10. The average Bonchev–Trinajstić information content (AvgIpc) is 3.07. The molecule has 2 fully saturated rings. The molecule has 0 N–H and O–H groups in total. The molecule has 3 rings (SSSR count). The van der Waals surface area contributed by atoms with Crippen LogP contribution in [0.1, 0.15) is 37.9 Å². The highest BCUT2D eigenvalue weighted by atomic mass is 32.2. The Morgan fingerprint density at radius 2 is 2.12 bits per heavy atom. The first-order chi connectivity index (χ1) is 11.4. The maximum atomic E-state index is 12.3. The minimum atomic E-state index is -2.95. The Kier molecular flexibility index (Phi) is 5.19. The lowest BCUT2D eigenvalue weighted by Gasteiger charge is -2.30. The lowest BCUT2D eigenvalue weighted by molar-refractivity contribution is -0.130. The van der Waals surface area contributed by atoms with Crippen molar-refractivity contribution in [1.29, 1.82) is 0 Å². The second kappa shape index (κ2) is 7.03. The third-order valence-electron chi connectivity index (χ3n) is 4.80. The number of likely N-dealkylation sites (tertiary alicyclic amines) is 1. The molecule has 1 aromatic rings. The highest BCUT2D eigenvalue weighted by Gasteiger charge is 2.32. The van der Waals surface area contributed by atoms with Crippen molar-refractivity contribution in [3.8, 4) is 0 Å². The van der Waals surface area contributed by atoms with E-state index >= 15 is 0 Å². The molecule has 9 heteroatoms. The predicted octanol–water partition coefficient (Wildman–Crippen LogP) is 1.07. The van der Waals surface area contributed by atoms with Crippen molar-refractivity contribution in [1.82, 2.24) is 19.7 Å². The summed E-state index contributed by atoms with van der Waals surface area (Å²) >= 11 is 1.38. The van der Waals surface area contributed by atoms with E-state index in [1.165, 1.54) is 18.2 Å². The van der Waals surface area contributed by atoms with Crippen LogP contribution in [0.25, 0.3) is 0 Å². The van der Waals surface area contributed by atoms with Crippen molar-refractivity contribution in [2.24, 2.45) is 13.0 Å². The number of thioether (sulfide) groups is 1. The Morgan fingerprint density at radius 1 is 1.33 bits per heavy atom. The second-order valence-corrected chi connectivity index (χ2v) is 10.0. The van der Waals surface area contributed by atoms with Crippen LogP contribution in [0.3, 0.4) is 0 Å². The van der Waals surface area contributed by atoms with Gasteiger partial charge in [0.05, 0.1) is 17.3 Å². The quantitative estimate of drug-likeness (QED) is 0.735. The minimum Gasteiger partial charge on any atom is -0.342 e. The van der Waals surface area contributed by atoms with Gasteiger partial charge in [-0.05, 0) is 25.2 Å². The van der Waals surface area contributed by atoms with Crippen LogP contribution in [0.5, 0.6) is 0 Å². The lowest BCUT2D eigenvalue weighted by atomic mass is 10.0. The van der Waals surface area contributed by atoms with Crippen LogP contribution in [-0.2, 0) is 21.7 Å². The van der Waals surface area contributed by atoms with Crippen molar-refractivity contribution in [2.75, 3.05) is 30.3 Å². The number of piperidine rings is 1. The van der Waals surface area contributed by atoms with Gasteiger partial charge in [-0.15, -0.1) is 10.2 Å². The molecule has 7 nitrogen and oxygen atoms in total. The molecule has 0 saturated carbocycles. The number of rotatable bonds is 4. The molecule has 1 amide bonds. The average molecular weight is 373 g/mol. The standard InChI is InChI=1S/C15H24N4O3S2/c1-11-4-3-6-19(8-11)13(20)9-23-15-17-16-14(18(15)2)12-5-7-24(21,22)10-12/h11-12H,3-10H2,1-2H3/t11-,12+/m1/s1. The number of aromatic nitrogens is 3. The fourth-order valence-corrected chi connectivity index (χ4v) is 6.00. The molecule has 2 aliphatic rings. The van der Waals surface area contributed by atoms with Crippen LogP contribution in [0.15, 0.2) is 5.16 Å². The summed E-state index contributed by atoms with van der Waals surface area (Å²) in [6.45, 7) is 3.86. The zero-order valence-corrected chi connectivity index (χ0v) is 15.8. The highest BCUT2D eigenvalue weighted by molar-refractivity contribution is 7.99. The summed E-state index contributed by atoms with van der Waals surface area (Å²) in [4.78, 5) is 14.3. The zero-order chi connectivity index (χ0) is 17.3. The van der Waals surface area contributed by atoms with Gasteiger partial charge in [0.1, 0.15) is 5.82 Å². The van der Waals surface area contributed by atoms with E-state index < -0.39 is 9.84 Å². The van der Waals surface area contributed by atoms with Crippen LogP contribution in [-0.4, -0.2) is 64.3 Å². The van der Waals surface area contributed by atoms with E-state index in [2.05, 4.69) is 17.1 Å². The number of amides is 1. The Balaban J connectivity index is 1.59. The van der Waals surface area contributed by atoms with E-state index in [1.54, 1.807) is 0 Å².